The van der Waals surface area contributed by atoms with Crippen molar-refractivity contribution >= 4 is 11.6 Å². The number of hydrogen-bond donors (Lipinski definition) is 0. The highest BCUT2D eigenvalue weighted by Gasteiger charge is 2.21. The maximum absolute atomic E-state index is 6.41. The van der Waals surface area contributed by atoms with Crippen molar-refractivity contribution in [3.8, 4) is 0 Å². The van der Waals surface area contributed by atoms with Gasteiger partial charge in [0.15, 0.2) is 0 Å². The molecule has 0 aromatic heterocycles. The van der Waals surface area contributed by atoms with Gasteiger partial charge >= 0.3 is 0 Å². The number of benzene rings is 1. The van der Waals surface area contributed by atoms with Crippen molar-refractivity contribution in [2.75, 3.05) is 0 Å². The van der Waals surface area contributed by atoms with E-state index in [9.17, 15) is 0 Å². The number of alkyl halides is 1. The lowest BCUT2D eigenvalue weighted by molar-refractivity contribution is 0.369. The van der Waals surface area contributed by atoms with Crippen LogP contribution < -0.4 is 0 Å². The summed E-state index contributed by atoms with van der Waals surface area (Å²) in [6.07, 6.45) is 3.39. The molecule has 1 unspecified atom stereocenters. The Labute approximate surface area is 124 Å². The highest BCUT2D eigenvalue weighted by molar-refractivity contribution is 6.21. The van der Waals surface area contributed by atoms with E-state index in [2.05, 4.69) is 65.8 Å². The Morgan fingerprint density at radius 1 is 0.947 bits per heavy atom. The number of aryl methyl sites for hydroxylation is 1. The van der Waals surface area contributed by atoms with E-state index in [0.717, 1.165) is 12.8 Å². The molecule has 0 aliphatic carbocycles. The number of halogens is 1. The molecule has 0 aliphatic heterocycles. The van der Waals surface area contributed by atoms with Crippen molar-refractivity contribution in [3.63, 3.8) is 0 Å². The maximum Gasteiger partial charge on any atom is 0.0384 e. The van der Waals surface area contributed by atoms with Gasteiger partial charge in [0.25, 0.3) is 0 Å². The molecule has 0 saturated carbocycles. The van der Waals surface area contributed by atoms with E-state index in [1.807, 2.05) is 0 Å². The Balaban J connectivity index is 2.47. The zero-order valence-corrected chi connectivity index (χ0v) is 14.1. The van der Waals surface area contributed by atoms with Crippen LogP contribution in [0.1, 0.15) is 65.5 Å². The van der Waals surface area contributed by atoms with Crippen LogP contribution in [0.15, 0.2) is 24.3 Å². The molecular formula is C18H29Cl. The van der Waals surface area contributed by atoms with Gasteiger partial charge in [0, 0.05) is 5.38 Å². The van der Waals surface area contributed by atoms with Gasteiger partial charge in [0.1, 0.15) is 0 Å². The van der Waals surface area contributed by atoms with Crippen LogP contribution in [0.5, 0.6) is 0 Å². The van der Waals surface area contributed by atoms with Crippen LogP contribution in [0.25, 0.3) is 0 Å². The van der Waals surface area contributed by atoms with Crippen LogP contribution in [0.3, 0.4) is 0 Å². The van der Waals surface area contributed by atoms with Crippen molar-refractivity contribution in [3.05, 3.63) is 35.4 Å². The van der Waals surface area contributed by atoms with Crippen molar-refractivity contribution in [2.45, 2.75) is 71.6 Å². The van der Waals surface area contributed by atoms with E-state index in [1.54, 1.807) is 0 Å². The lowest BCUT2D eigenvalue weighted by atomic mass is 9.86. The summed E-state index contributed by atoms with van der Waals surface area (Å²) in [7, 11) is 0. The summed E-state index contributed by atoms with van der Waals surface area (Å²) in [6, 6.07) is 9.05. The number of hydrogen-bond acceptors (Lipinski definition) is 0. The van der Waals surface area contributed by atoms with E-state index in [-0.39, 0.29) is 16.2 Å². The second-order valence-electron chi connectivity index (χ2n) is 7.67. The molecule has 1 atom stereocenters. The Morgan fingerprint density at radius 2 is 1.47 bits per heavy atom. The van der Waals surface area contributed by atoms with Crippen molar-refractivity contribution in [1.29, 1.82) is 0 Å². The second kappa shape index (κ2) is 6.31. The molecule has 0 spiro atoms. The molecule has 1 heteroatoms. The summed E-state index contributed by atoms with van der Waals surface area (Å²) in [5.74, 6) is 0. The van der Waals surface area contributed by atoms with E-state index in [0.29, 0.717) is 0 Å². The van der Waals surface area contributed by atoms with Gasteiger partial charge in [-0.25, -0.2) is 0 Å². The summed E-state index contributed by atoms with van der Waals surface area (Å²) >= 11 is 6.41. The highest BCUT2D eigenvalue weighted by Crippen LogP contribution is 2.28. The highest BCUT2D eigenvalue weighted by atomic mass is 35.5. The fourth-order valence-corrected chi connectivity index (χ4v) is 2.24. The molecule has 0 saturated heterocycles. The standard InChI is InChI=1S/C18H29Cl/c1-17(2,3)15-12-10-14(11-13-15)8-7-9-16(19)18(4,5)6/h10-13,16H,7-9H2,1-6H3. The topological polar surface area (TPSA) is 0 Å². The Bertz CT molecular complexity index is 376. The molecule has 1 aromatic carbocycles. The maximum atomic E-state index is 6.41. The Kier molecular flexibility index (Phi) is 5.50. The fraction of sp³-hybridized carbons (Fsp3) is 0.667. The largest absolute Gasteiger partial charge is 0.122 e. The molecule has 0 amide bonds. The minimum Gasteiger partial charge on any atom is -0.122 e. The molecule has 0 nitrogen and oxygen atoms in total. The molecule has 0 radical (unpaired) electrons. The summed E-state index contributed by atoms with van der Waals surface area (Å²) in [6.45, 7) is 13.4. The summed E-state index contributed by atoms with van der Waals surface area (Å²) < 4.78 is 0. The Morgan fingerprint density at radius 3 is 1.89 bits per heavy atom. The quantitative estimate of drug-likeness (QED) is 0.597. The average molecular weight is 281 g/mol. The predicted molar refractivity (Wildman–Crippen MR) is 87.2 cm³/mol. The van der Waals surface area contributed by atoms with Gasteiger partial charge in [0.2, 0.25) is 0 Å². The van der Waals surface area contributed by atoms with Crippen LogP contribution in [-0.2, 0) is 11.8 Å². The Hall–Kier alpha value is -0.490. The molecular weight excluding hydrogens is 252 g/mol. The minimum atomic E-state index is 0.206. The molecule has 0 fully saturated rings. The van der Waals surface area contributed by atoms with Crippen molar-refractivity contribution in [1.82, 2.24) is 0 Å². The summed E-state index contributed by atoms with van der Waals surface area (Å²) in [4.78, 5) is 0. The van der Waals surface area contributed by atoms with Crippen molar-refractivity contribution in [2.24, 2.45) is 5.41 Å². The predicted octanol–water partition coefficient (Wildman–Crippen LogP) is 5.96. The monoisotopic (exact) mass is 280 g/mol. The van der Waals surface area contributed by atoms with Crippen LogP contribution in [0.2, 0.25) is 0 Å². The molecule has 108 valence electrons. The third kappa shape index (κ3) is 5.57. The van der Waals surface area contributed by atoms with Crippen molar-refractivity contribution < 1.29 is 0 Å². The first-order valence-corrected chi connectivity index (χ1v) is 7.78. The molecule has 1 rings (SSSR count). The van der Waals surface area contributed by atoms with E-state index in [4.69, 9.17) is 11.6 Å². The molecule has 19 heavy (non-hydrogen) atoms. The first kappa shape index (κ1) is 16.6. The fourth-order valence-electron chi connectivity index (χ4n) is 2.09. The van der Waals surface area contributed by atoms with Crippen LogP contribution in [-0.4, -0.2) is 5.38 Å². The van der Waals surface area contributed by atoms with Crippen LogP contribution in [0.4, 0.5) is 0 Å². The molecule has 1 aromatic rings. The second-order valence-corrected chi connectivity index (χ2v) is 8.20. The smallest absolute Gasteiger partial charge is 0.0384 e. The van der Waals surface area contributed by atoms with Gasteiger partial charge < -0.3 is 0 Å². The van der Waals surface area contributed by atoms with Gasteiger partial charge in [-0.3, -0.25) is 0 Å². The van der Waals surface area contributed by atoms with Gasteiger partial charge in [-0.2, -0.15) is 0 Å². The number of rotatable bonds is 4. The minimum absolute atomic E-state index is 0.206. The summed E-state index contributed by atoms with van der Waals surface area (Å²) in [5, 5.41) is 0.265. The first-order chi connectivity index (χ1) is 8.60. The van der Waals surface area contributed by atoms with Gasteiger partial charge in [-0.15, -0.1) is 11.6 Å². The van der Waals surface area contributed by atoms with Crippen LogP contribution in [0, 0.1) is 5.41 Å². The first-order valence-electron chi connectivity index (χ1n) is 7.34. The van der Waals surface area contributed by atoms with Gasteiger partial charge in [-0.1, -0.05) is 65.8 Å². The molecule has 0 bridgehead atoms. The normalized spacial score (nSPS) is 14.5. The van der Waals surface area contributed by atoms with E-state index in [1.165, 1.54) is 17.5 Å². The zero-order chi connectivity index (χ0) is 14.7. The van der Waals surface area contributed by atoms with Gasteiger partial charge in [-0.05, 0) is 41.2 Å². The molecule has 0 heterocycles. The zero-order valence-electron chi connectivity index (χ0n) is 13.4. The average Bonchev–Trinajstić information content (AvgIpc) is 2.27. The third-order valence-corrected chi connectivity index (χ3v) is 4.56. The van der Waals surface area contributed by atoms with E-state index < -0.39 is 0 Å². The summed E-state index contributed by atoms with van der Waals surface area (Å²) in [5.41, 5.74) is 3.27. The van der Waals surface area contributed by atoms with E-state index >= 15 is 0 Å². The molecule has 0 aliphatic rings. The SMILES string of the molecule is CC(C)(C)c1ccc(CCCC(Cl)C(C)(C)C)cc1. The molecule has 0 N–H and O–H groups in total. The lowest BCUT2D eigenvalue weighted by Crippen LogP contribution is -2.20. The van der Waals surface area contributed by atoms with Gasteiger partial charge in [0.05, 0.1) is 0 Å². The van der Waals surface area contributed by atoms with Crippen LogP contribution >= 0.6 is 11.6 Å². The third-order valence-electron chi connectivity index (χ3n) is 3.68. The lowest BCUT2D eigenvalue weighted by Gasteiger charge is -2.25.